The predicted molar refractivity (Wildman–Crippen MR) is 159 cm³/mol. The van der Waals surface area contributed by atoms with E-state index in [-0.39, 0.29) is 37.1 Å². The van der Waals surface area contributed by atoms with Crippen molar-refractivity contribution < 1.29 is 42.6 Å². The summed E-state index contributed by atoms with van der Waals surface area (Å²) in [7, 11) is 0. The van der Waals surface area contributed by atoms with Crippen molar-refractivity contribution in [2.24, 2.45) is 0 Å². The van der Waals surface area contributed by atoms with Gasteiger partial charge in [-0.05, 0) is 65.9 Å². The minimum Gasteiger partial charge on any atom is -0.481 e. The fraction of sp³-hybridized carbons (Fsp3) is 0.233. The van der Waals surface area contributed by atoms with Crippen LogP contribution in [0.25, 0.3) is 11.0 Å². The number of rotatable bonds is 8. The van der Waals surface area contributed by atoms with Crippen LogP contribution < -0.4 is 15.5 Å². The average molecular weight is 646 g/mol. The zero-order chi connectivity index (χ0) is 32.7. The lowest BCUT2D eigenvalue weighted by Crippen LogP contribution is -2.40. The van der Waals surface area contributed by atoms with Crippen LogP contribution in [0.3, 0.4) is 0 Å². The van der Waals surface area contributed by atoms with Crippen molar-refractivity contribution in [3.8, 4) is 0 Å². The SMILES string of the molecule is O=C(O)C(F)(F)F.O=C(O)CC1CCC(=O)N(CC(=O)NCc2ccc(Nc3nc4ccccc4[nH]3)cc2)c2ccc(Cl)cc21. The third kappa shape index (κ3) is 8.95. The van der Waals surface area contributed by atoms with Gasteiger partial charge in [-0.15, -0.1) is 0 Å². The first-order valence-corrected chi connectivity index (χ1v) is 13.9. The first kappa shape index (κ1) is 32.8. The van der Waals surface area contributed by atoms with Gasteiger partial charge in [0.2, 0.25) is 17.8 Å². The molecular weight excluding hydrogens is 619 g/mol. The number of amides is 2. The first-order chi connectivity index (χ1) is 21.3. The van der Waals surface area contributed by atoms with Crippen molar-refractivity contribution in [1.82, 2.24) is 15.3 Å². The number of carbonyl (C=O) groups excluding carboxylic acids is 2. The molecule has 5 N–H and O–H groups in total. The Kier molecular flexibility index (Phi) is 10.3. The number of fused-ring (bicyclic) bond motifs is 2. The number of nitrogens with zero attached hydrogens (tertiary/aromatic N) is 2. The number of benzene rings is 3. The lowest BCUT2D eigenvalue weighted by molar-refractivity contribution is -0.192. The second-order valence-corrected chi connectivity index (χ2v) is 10.5. The van der Waals surface area contributed by atoms with E-state index in [2.05, 4.69) is 20.6 Å². The van der Waals surface area contributed by atoms with E-state index >= 15 is 0 Å². The summed E-state index contributed by atoms with van der Waals surface area (Å²) in [6, 6.07) is 20.4. The standard InChI is InChI=1S/C28H26ClN5O4.C2HF3O2/c29-19-8-11-24-21(14-19)18(13-27(37)38)7-12-26(36)34(24)16-25(35)30-15-17-5-9-20(10-6-17)31-28-32-22-3-1-2-4-23(22)33-28;3-2(4,5)1(6)7/h1-6,8-11,14,18H,7,12-13,15-16H2,(H,30,35)(H,37,38)(H2,31,32,33);(H,6,7). The van der Waals surface area contributed by atoms with Gasteiger partial charge in [-0.1, -0.05) is 35.9 Å². The molecule has 0 spiro atoms. The summed E-state index contributed by atoms with van der Waals surface area (Å²) in [5, 5.41) is 23.0. The molecule has 0 radical (unpaired) electrons. The molecule has 1 aliphatic heterocycles. The Bertz CT molecular complexity index is 1680. The molecule has 1 atom stereocenters. The summed E-state index contributed by atoms with van der Waals surface area (Å²) in [5.74, 6) is -3.96. The number of H-pyrrole nitrogens is 1. The highest BCUT2D eigenvalue weighted by Gasteiger charge is 2.38. The van der Waals surface area contributed by atoms with E-state index in [1.807, 2.05) is 48.5 Å². The highest BCUT2D eigenvalue weighted by Crippen LogP contribution is 2.38. The van der Waals surface area contributed by atoms with Gasteiger partial charge >= 0.3 is 18.1 Å². The van der Waals surface area contributed by atoms with E-state index in [1.165, 1.54) is 4.90 Å². The summed E-state index contributed by atoms with van der Waals surface area (Å²) < 4.78 is 31.7. The Morgan fingerprint density at radius 2 is 1.73 bits per heavy atom. The van der Waals surface area contributed by atoms with Crippen LogP contribution in [0.15, 0.2) is 66.7 Å². The number of carbonyl (C=O) groups is 4. The quantitative estimate of drug-likeness (QED) is 0.165. The van der Waals surface area contributed by atoms with Crippen molar-refractivity contribution >= 4 is 63.7 Å². The summed E-state index contributed by atoms with van der Waals surface area (Å²) in [4.78, 5) is 55.1. The van der Waals surface area contributed by atoms with Gasteiger partial charge in [0.05, 0.1) is 17.5 Å². The number of nitrogens with one attached hydrogen (secondary N) is 3. The largest absolute Gasteiger partial charge is 0.490 e. The van der Waals surface area contributed by atoms with Crippen LogP contribution in [0, 0.1) is 0 Å². The number of aromatic amines is 1. The molecular formula is C30H27ClF3N5O6. The lowest BCUT2D eigenvalue weighted by Gasteiger charge is -2.24. The molecule has 4 aromatic rings. The van der Waals surface area contributed by atoms with Crippen molar-refractivity contribution in [2.45, 2.75) is 37.9 Å². The Hall–Kier alpha value is -5.11. The Morgan fingerprint density at radius 3 is 2.38 bits per heavy atom. The van der Waals surface area contributed by atoms with E-state index in [4.69, 9.17) is 21.5 Å². The fourth-order valence-corrected chi connectivity index (χ4v) is 4.85. The van der Waals surface area contributed by atoms with Crippen LogP contribution in [0.5, 0.6) is 0 Å². The number of carboxylic acids is 2. The molecule has 0 saturated carbocycles. The van der Waals surface area contributed by atoms with Crippen LogP contribution in [0.1, 0.15) is 36.3 Å². The molecule has 0 bridgehead atoms. The molecule has 0 aliphatic carbocycles. The highest BCUT2D eigenvalue weighted by molar-refractivity contribution is 6.30. The van der Waals surface area contributed by atoms with Gasteiger partial charge in [-0.25, -0.2) is 9.78 Å². The monoisotopic (exact) mass is 645 g/mol. The number of hydrogen-bond donors (Lipinski definition) is 5. The Labute approximate surface area is 259 Å². The van der Waals surface area contributed by atoms with Crippen molar-refractivity contribution in [1.29, 1.82) is 0 Å². The molecule has 0 saturated heterocycles. The highest BCUT2D eigenvalue weighted by atomic mass is 35.5. The maximum absolute atomic E-state index is 12.9. The van der Waals surface area contributed by atoms with E-state index < -0.39 is 18.1 Å². The molecule has 1 aliphatic rings. The molecule has 5 rings (SSSR count). The first-order valence-electron chi connectivity index (χ1n) is 13.5. The van der Waals surface area contributed by atoms with Gasteiger partial charge < -0.3 is 30.7 Å². The van der Waals surface area contributed by atoms with Gasteiger partial charge in [0.1, 0.15) is 6.54 Å². The van der Waals surface area contributed by atoms with Crippen LogP contribution in [-0.2, 0) is 25.7 Å². The van der Waals surface area contributed by atoms with E-state index in [9.17, 15) is 32.7 Å². The van der Waals surface area contributed by atoms with Crippen molar-refractivity contribution in [3.05, 3.63) is 82.9 Å². The molecule has 3 aromatic carbocycles. The normalized spacial score (nSPS) is 14.5. The van der Waals surface area contributed by atoms with Gasteiger partial charge in [-0.2, -0.15) is 13.2 Å². The van der Waals surface area contributed by atoms with Gasteiger partial charge in [0.15, 0.2) is 0 Å². The topological polar surface area (TPSA) is 165 Å². The summed E-state index contributed by atoms with van der Waals surface area (Å²) >= 11 is 6.17. The van der Waals surface area contributed by atoms with Gasteiger partial charge in [0.25, 0.3) is 0 Å². The molecule has 11 nitrogen and oxygen atoms in total. The van der Waals surface area contributed by atoms with Crippen LogP contribution in [0.4, 0.5) is 30.5 Å². The molecule has 1 unspecified atom stereocenters. The lowest BCUT2D eigenvalue weighted by atomic mass is 9.91. The maximum Gasteiger partial charge on any atom is 0.490 e. The number of halogens is 4. The molecule has 0 fully saturated rings. The minimum atomic E-state index is -5.08. The molecule has 45 heavy (non-hydrogen) atoms. The maximum atomic E-state index is 12.9. The summed E-state index contributed by atoms with van der Waals surface area (Å²) in [6.07, 6.45) is -4.66. The zero-order valence-corrected chi connectivity index (χ0v) is 24.2. The number of anilines is 3. The number of alkyl halides is 3. The second kappa shape index (κ2) is 14.1. The number of aliphatic carboxylic acids is 2. The Balaban J connectivity index is 0.000000591. The van der Waals surface area contributed by atoms with Gasteiger partial charge in [0, 0.05) is 29.4 Å². The number of para-hydroxylation sites is 2. The number of imidazole rings is 1. The van der Waals surface area contributed by atoms with Crippen molar-refractivity contribution in [2.75, 3.05) is 16.8 Å². The fourth-order valence-electron chi connectivity index (χ4n) is 4.67. The third-order valence-electron chi connectivity index (χ3n) is 6.79. The van der Waals surface area contributed by atoms with Gasteiger partial charge in [-0.3, -0.25) is 14.4 Å². The summed E-state index contributed by atoms with van der Waals surface area (Å²) in [6.45, 7) is 0.125. The second-order valence-electron chi connectivity index (χ2n) is 10.0. The zero-order valence-electron chi connectivity index (χ0n) is 23.4. The molecule has 236 valence electrons. The number of aromatic nitrogens is 2. The van der Waals surface area contributed by atoms with Crippen LogP contribution >= 0.6 is 11.6 Å². The predicted octanol–water partition coefficient (Wildman–Crippen LogP) is 5.59. The average Bonchev–Trinajstić information content (AvgIpc) is 3.35. The number of carboxylic acid groups (broad SMARTS) is 2. The van der Waals surface area contributed by atoms with Crippen molar-refractivity contribution in [3.63, 3.8) is 0 Å². The van der Waals surface area contributed by atoms with E-state index in [0.717, 1.165) is 22.3 Å². The molecule has 2 amide bonds. The number of hydrogen-bond acceptors (Lipinski definition) is 6. The third-order valence-corrected chi connectivity index (χ3v) is 7.02. The van der Waals surface area contributed by atoms with Crippen LogP contribution in [0.2, 0.25) is 5.02 Å². The molecule has 1 aromatic heterocycles. The van der Waals surface area contributed by atoms with E-state index in [0.29, 0.717) is 35.2 Å². The molecule has 15 heteroatoms. The molecule has 2 heterocycles. The Morgan fingerprint density at radius 1 is 1.04 bits per heavy atom. The van der Waals surface area contributed by atoms with E-state index in [1.54, 1.807) is 18.2 Å². The minimum absolute atomic E-state index is 0.109. The summed E-state index contributed by atoms with van der Waals surface area (Å²) in [5.41, 5.74) is 4.76. The smallest absolute Gasteiger partial charge is 0.481 e. The van der Waals surface area contributed by atoms with Crippen LogP contribution in [-0.4, -0.2) is 56.7 Å².